The SMILES string of the molecule is COc1cc([N+](=O)[O-])ccc1NC(=O)CSc1nnc(-c2ccc(Cl)cc2)n1C. The molecule has 0 aliphatic heterocycles. The van der Waals surface area contributed by atoms with Gasteiger partial charge in [0.15, 0.2) is 11.0 Å². The molecule has 1 heterocycles. The summed E-state index contributed by atoms with van der Waals surface area (Å²) in [6, 6.07) is 11.2. The monoisotopic (exact) mass is 433 g/mol. The smallest absolute Gasteiger partial charge is 0.273 e. The lowest BCUT2D eigenvalue weighted by atomic mass is 10.2. The fourth-order valence-electron chi connectivity index (χ4n) is 2.50. The lowest BCUT2D eigenvalue weighted by Crippen LogP contribution is -2.15. The Kier molecular flexibility index (Phi) is 6.35. The second kappa shape index (κ2) is 8.93. The topological polar surface area (TPSA) is 112 Å². The third kappa shape index (κ3) is 4.84. The summed E-state index contributed by atoms with van der Waals surface area (Å²) >= 11 is 7.12. The van der Waals surface area contributed by atoms with E-state index < -0.39 is 4.92 Å². The van der Waals surface area contributed by atoms with Gasteiger partial charge in [0.25, 0.3) is 5.69 Å². The van der Waals surface area contributed by atoms with Gasteiger partial charge in [0.1, 0.15) is 5.75 Å². The van der Waals surface area contributed by atoms with E-state index in [9.17, 15) is 14.9 Å². The number of ether oxygens (including phenoxy) is 1. The zero-order valence-electron chi connectivity index (χ0n) is 15.5. The number of nitro benzene ring substituents is 1. The third-order valence-electron chi connectivity index (χ3n) is 3.94. The van der Waals surface area contributed by atoms with Crippen molar-refractivity contribution < 1.29 is 14.5 Å². The summed E-state index contributed by atoms with van der Waals surface area (Å²) in [6.07, 6.45) is 0. The van der Waals surface area contributed by atoms with Crippen molar-refractivity contribution in [3.05, 3.63) is 57.6 Å². The number of hydrogen-bond donors (Lipinski definition) is 1. The van der Waals surface area contributed by atoms with Gasteiger partial charge >= 0.3 is 0 Å². The van der Waals surface area contributed by atoms with Gasteiger partial charge in [0.2, 0.25) is 5.91 Å². The number of nitrogens with zero attached hydrogens (tertiary/aromatic N) is 4. The van der Waals surface area contributed by atoms with Crippen LogP contribution < -0.4 is 10.1 Å². The largest absolute Gasteiger partial charge is 0.494 e. The van der Waals surface area contributed by atoms with E-state index in [4.69, 9.17) is 16.3 Å². The normalized spacial score (nSPS) is 10.6. The van der Waals surface area contributed by atoms with Crippen molar-refractivity contribution in [1.82, 2.24) is 14.8 Å². The van der Waals surface area contributed by atoms with Gasteiger partial charge in [-0.25, -0.2) is 0 Å². The van der Waals surface area contributed by atoms with Crippen LogP contribution in [0.15, 0.2) is 47.6 Å². The maximum absolute atomic E-state index is 12.3. The maximum Gasteiger partial charge on any atom is 0.273 e. The van der Waals surface area contributed by atoms with Crippen molar-refractivity contribution in [1.29, 1.82) is 0 Å². The average Bonchev–Trinajstić information content (AvgIpc) is 3.07. The number of non-ortho nitro benzene ring substituents is 1. The predicted molar refractivity (Wildman–Crippen MR) is 110 cm³/mol. The highest BCUT2D eigenvalue weighted by molar-refractivity contribution is 7.99. The van der Waals surface area contributed by atoms with E-state index in [1.807, 2.05) is 19.2 Å². The van der Waals surface area contributed by atoms with Gasteiger partial charge in [-0.2, -0.15) is 0 Å². The molecule has 0 aliphatic rings. The highest BCUT2D eigenvalue weighted by Gasteiger charge is 2.16. The van der Waals surface area contributed by atoms with Crippen molar-refractivity contribution in [2.45, 2.75) is 5.16 Å². The molecule has 29 heavy (non-hydrogen) atoms. The molecular formula is C18H16ClN5O4S. The van der Waals surface area contributed by atoms with Crippen molar-refractivity contribution in [2.24, 2.45) is 7.05 Å². The number of amides is 1. The molecule has 0 fully saturated rings. The molecule has 1 N–H and O–H groups in total. The summed E-state index contributed by atoms with van der Waals surface area (Å²) in [7, 11) is 3.19. The quantitative estimate of drug-likeness (QED) is 0.342. The molecule has 3 rings (SSSR count). The molecule has 11 heteroatoms. The Morgan fingerprint density at radius 1 is 1.28 bits per heavy atom. The molecule has 0 bridgehead atoms. The van der Waals surface area contributed by atoms with Crippen LogP contribution in [0.25, 0.3) is 11.4 Å². The Bertz CT molecular complexity index is 1050. The Morgan fingerprint density at radius 2 is 2.00 bits per heavy atom. The number of nitrogens with one attached hydrogen (secondary N) is 1. The summed E-state index contributed by atoms with van der Waals surface area (Å²) in [5.74, 6) is 0.633. The van der Waals surface area contributed by atoms with Crippen molar-refractivity contribution in [3.63, 3.8) is 0 Å². The van der Waals surface area contributed by atoms with Crippen LogP contribution in [0.2, 0.25) is 5.02 Å². The Hall–Kier alpha value is -3.11. The number of anilines is 1. The molecule has 0 saturated carbocycles. The van der Waals surface area contributed by atoms with Gasteiger partial charge in [-0.05, 0) is 30.3 Å². The minimum absolute atomic E-state index is 0.0761. The number of hydrogen-bond acceptors (Lipinski definition) is 7. The van der Waals surface area contributed by atoms with Gasteiger partial charge in [-0.1, -0.05) is 23.4 Å². The van der Waals surface area contributed by atoms with E-state index in [1.165, 1.54) is 37.1 Å². The number of carbonyl (C=O) groups excluding carboxylic acids is 1. The molecule has 0 aliphatic carbocycles. The number of rotatable bonds is 7. The van der Waals surface area contributed by atoms with Crippen molar-refractivity contribution >= 4 is 40.6 Å². The van der Waals surface area contributed by atoms with Gasteiger partial charge in [0, 0.05) is 23.7 Å². The summed E-state index contributed by atoms with van der Waals surface area (Å²) < 4.78 is 6.90. The Labute approximate surface area is 175 Å². The lowest BCUT2D eigenvalue weighted by Gasteiger charge is -2.10. The van der Waals surface area contributed by atoms with Crippen LogP contribution in [0.4, 0.5) is 11.4 Å². The van der Waals surface area contributed by atoms with Crippen LogP contribution in [0.3, 0.4) is 0 Å². The number of benzene rings is 2. The summed E-state index contributed by atoms with van der Waals surface area (Å²) in [4.78, 5) is 22.6. The fraction of sp³-hybridized carbons (Fsp3) is 0.167. The maximum atomic E-state index is 12.3. The second-order valence-corrected chi connectivity index (χ2v) is 7.23. The number of aromatic nitrogens is 3. The summed E-state index contributed by atoms with van der Waals surface area (Å²) in [5, 5.41) is 23.0. The molecule has 0 unspecified atom stereocenters. The van der Waals surface area contributed by atoms with E-state index in [1.54, 1.807) is 16.7 Å². The highest BCUT2D eigenvalue weighted by atomic mass is 35.5. The first-order valence-electron chi connectivity index (χ1n) is 8.29. The molecule has 1 aromatic heterocycles. The molecule has 0 saturated heterocycles. The van der Waals surface area contributed by atoms with Crippen LogP contribution in [0.5, 0.6) is 5.75 Å². The minimum Gasteiger partial charge on any atom is -0.494 e. The van der Waals surface area contributed by atoms with E-state index in [-0.39, 0.29) is 23.1 Å². The molecule has 150 valence electrons. The second-order valence-electron chi connectivity index (χ2n) is 5.85. The van der Waals surface area contributed by atoms with Crippen LogP contribution in [-0.4, -0.2) is 38.5 Å². The zero-order valence-corrected chi connectivity index (χ0v) is 17.0. The van der Waals surface area contributed by atoms with Gasteiger partial charge in [-0.3, -0.25) is 14.9 Å². The number of methoxy groups -OCH3 is 1. The van der Waals surface area contributed by atoms with Crippen molar-refractivity contribution in [3.8, 4) is 17.1 Å². The number of thioether (sulfide) groups is 1. The molecule has 3 aromatic rings. The molecule has 1 amide bonds. The first-order chi connectivity index (χ1) is 13.9. The molecule has 0 atom stereocenters. The fourth-order valence-corrected chi connectivity index (χ4v) is 3.34. The summed E-state index contributed by atoms with van der Waals surface area (Å²) in [6.45, 7) is 0. The molecular weight excluding hydrogens is 418 g/mol. The van der Waals surface area contributed by atoms with E-state index in [0.29, 0.717) is 21.7 Å². The van der Waals surface area contributed by atoms with E-state index >= 15 is 0 Å². The molecule has 2 aromatic carbocycles. The number of halogens is 1. The first-order valence-corrected chi connectivity index (χ1v) is 9.66. The van der Waals surface area contributed by atoms with Crippen LogP contribution in [0.1, 0.15) is 0 Å². The average molecular weight is 434 g/mol. The lowest BCUT2D eigenvalue weighted by molar-refractivity contribution is -0.384. The van der Waals surface area contributed by atoms with Gasteiger partial charge in [-0.15, -0.1) is 10.2 Å². The molecule has 0 spiro atoms. The van der Waals surface area contributed by atoms with Crippen molar-refractivity contribution in [2.75, 3.05) is 18.2 Å². The predicted octanol–water partition coefficient (Wildman–Crippen LogP) is 3.78. The van der Waals surface area contributed by atoms with Gasteiger partial charge < -0.3 is 14.6 Å². The first kappa shape index (κ1) is 20.6. The van der Waals surface area contributed by atoms with Crippen LogP contribution in [-0.2, 0) is 11.8 Å². The highest BCUT2D eigenvalue weighted by Crippen LogP contribution is 2.29. The number of nitro groups is 1. The molecule has 9 nitrogen and oxygen atoms in total. The van der Waals surface area contributed by atoms with E-state index in [0.717, 1.165) is 5.56 Å². The van der Waals surface area contributed by atoms with Gasteiger partial charge in [0.05, 0.1) is 29.5 Å². The van der Waals surface area contributed by atoms with Crippen LogP contribution in [0, 0.1) is 10.1 Å². The third-order valence-corrected chi connectivity index (χ3v) is 5.21. The summed E-state index contributed by atoms with van der Waals surface area (Å²) in [5.41, 5.74) is 1.09. The number of carbonyl (C=O) groups is 1. The van der Waals surface area contributed by atoms with Crippen LogP contribution >= 0.6 is 23.4 Å². The zero-order chi connectivity index (χ0) is 21.0. The molecule has 0 radical (unpaired) electrons. The Balaban J connectivity index is 1.66. The standard InChI is InChI=1S/C18H16ClN5O4S/c1-23-17(11-3-5-12(19)6-4-11)21-22-18(23)29-10-16(25)20-14-8-7-13(24(26)27)9-15(14)28-2/h3-9H,10H2,1-2H3,(H,20,25). The Morgan fingerprint density at radius 3 is 2.66 bits per heavy atom. The van der Waals surface area contributed by atoms with E-state index in [2.05, 4.69) is 15.5 Å². The minimum atomic E-state index is -0.531.